The van der Waals surface area contributed by atoms with E-state index in [0.717, 1.165) is 0 Å². The normalized spacial score (nSPS) is 14.0. The Kier molecular flexibility index (Phi) is 6.74. The molecule has 2 heteroatoms. The first-order chi connectivity index (χ1) is 5.43. The zero-order valence-electron chi connectivity index (χ0n) is 9.41. The van der Waals surface area contributed by atoms with Gasteiger partial charge in [-0.3, -0.25) is 0 Å². The second-order valence-corrected chi connectivity index (χ2v) is 15.9. The van der Waals surface area contributed by atoms with Gasteiger partial charge in [0, 0.05) is 0 Å². The zero-order chi connectivity index (χ0) is 9.72. The predicted octanol–water partition coefficient (Wildman–Crippen LogP) is 3.83. The molecule has 2 radical (unpaired) electrons. The summed E-state index contributed by atoms with van der Waals surface area (Å²) >= 11 is -1.21. The Morgan fingerprint density at radius 2 is 1.00 bits per heavy atom. The molecular weight excluding hydrogens is 265 g/mol. The molecule has 0 saturated carbocycles. The molecule has 0 bridgehead atoms. The SMILES string of the molecule is C/C([CH2][Ge]([CH3])[CH3])=C(\C)[CH2][Ge]([CH3])[CH3]. The first-order valence-electron chi connectivity index (χ1n) is 4.66. The third kappa shape index (κ3) is 6.35. The van der Waals surface area contributed by atoms with Gasteiger partial charge in [0.05, 0.1) is 0 Å². The maximum atomic E-state index is 2.46. The summed E-state index contributed by atoms with van der Waals surface area (Å²) in [6.45, 7) is 4.69. The molecule has 0 unspecified atom stereocenters. The fourth-order valence-corrected chi connectivity index (χ4v) is 7.08. The molecule has 70 valence electrons. The van der Waals surface area contributed by atoms with Crippen LogP contribution in [-0.4, -0.2) is 28.7 Å². The molecule has 0 heterocycles. The van der Waals surface area contributed by atoms with Crippen LogP contribution in [0.1, 0.15) is 13.8 Å². The van der Waals surface area contributed by atoms with Crippen molar-refractivity contribution in [2.75, 3.05) is 0 Å². The molecular formula is C10H22Ge2. The van der Waals surface area contributed by atoms with E-state index in [2.05, 4.69) is 36.9 Å². The summed E-state index contributed by atoms with van der Waals surface area (Å²) < 4.78 is 0. The van der Waals surface area contributed by atoms with Crippen molar-refractivity contribution < 1.29 is 0 Å². The molecule has 0 aliphatic heterocycles. The van der Waals surface area contributed by atoms with Crippen molar-refractivity contribution in [3.05, 3.63) is 11.1 Å². The Balaban J connectivity index is 4.06. The van der Waals surface area contributed by atoms with Gasteiger partial charge in [0.1, 0.15) is 0 Å². The van der Waals surface area contributed by atoms with Gasteiger partial charge in [-0.15, -0.1) is 0 Å². The van der Waals surface area contributed by atoms with E-state index in [1.165, 1.54) is 10.5 Å². The Morgan fingerprint density at radius 3 is 1.17 bits per heavy atom. The molecule has 0 aromatic rings. The van der Waals surface area contributed by atoms with Crippen LogP contribution in [0.5, 0.6) is 0 Å². The van der Waals surface area contributed by atoms with Gasteiger partial charge in [0.25, 0.3) is 0 Å². The first-order valence-corrected chi connectivity index (χ1v) is 16.0. The number of hydrogen-bond acceptors (Lipinski definition) is 0. The van der Waals surface area contributed by atoms with E-state index in [0.29, 0.717) is 0 Å². The standard InChI is InChI=1S/C10H22Ge2/c1-9(7-11(3)4)10(2)8-12(5)6/h7-8H2,1-6H3/b10-9-. The number of hydrogen-bond donors (Lipinski definition) is 0. The fourth-order valence-electron chi connectivity index (χ4n) is 1.36. The summed E-state index contributed by atoms with van der Waals surface area (Å²) in [5.74, 6) is 9.86. The predicted molar refractivity (Wildman–Crippen MR) is 63.0 cm³/mol. The van der Waals surface area contributed by atoms with Crippen LogP contribution >= 0.6 is 0 Å². The van der Waals surface area contributed by atoms with E-state index in [-0.39, 0.29) is 0 Å². The third-order valence-corrected chi connectivity index (χ3v) is 7.16. The van der Waals surface area contributed by atoms with Crippen molar-refractivity contribution in [2.45, 2.75) is 47.4 Å². The van der Waals surface area contributed by atoms with Gasteiger partial charge < -0.3 is 0 Å². The molecule has 0 atom stereocenters. The van der Waals surface area contributed by atoms with Crippen LogP contribution in [0.4, 0.5) is 0 Å². The van der Waals surface area contributed by atoms with Gasteiger partial charge in [-0.2, -0.15) is 0 Å². The molecule has 0 N–H and O–H groups in total. The van der Waals surface area contributed by atoms with Crippen LogP contribution in [0.25, 0.3) is 0 Å². The first kappa shape index (κ1) is 12.8. The summed E-state index contributed by atoms with van der Waals surface area (Å²) in [5, 5.41) is 2.91. The molecule has 12 heavy (non-hydrogen) atoms. The average Bonchev–Trinajstić information content (AvgIpc) is 1.84. The van der Waals surface area contributed by atoms with Crippen LogP contribution in [0.3, 0.4) is 0 Å². The van der Waals surface area contributed by atoms with Gasteiger partial charge >= 0.3 is 87.2 Å². The molecule has 0 aromatic heterocycles. The van der Waals surface area contributed by atoms with Gasteiger partial charge in [0.2, 0.25) is 0 Å². The summed E-state index contributed by atoms with van der Waals surface area (Å²) in [6.07, 6.45) is 0. The van der Waals surface area contributed by atoms with Gasteiger partial charge in [-0.25, -0.2) is 0 Å². The topological polar surface area (TPSA) is 0 Å². The van der Waals surface area contributed by atoms with Crippen LogP contribution in [-0.2, 0) is 0 Å². The number of allylic oxidation sites excluding steroid dienone is 2. The van der Waals surface area contributed by atoms with E-state index in [4.69, 9.17) is 0 Å². The summed E-state index contributed by atoms with van der Waals surface area (Å²) in [4.78, 5) is 0. The van der Waals surface area contributed by atoms with Crippen LogP contribution in [0, 0.1) is 0 Å². The molecule has 0 rings (SSSR count). The van der Waals surface area contributed by atoms with Gasteiger partial charge in [-0.05, 0) is 0 Å². The number of rotatable bonds is 4. The van der Waals surface area contributed by atoms with E-state index < -0.39 is 28.7 Å². The minimum atomic E-state index is -0.606. The summed E-state index contributed by atoms with van der Waals surface area (Å²) in [7, 11) is 0. The van der Waals surface area contributed by atoms with Crippen molar-refractivity contribution in [2.24, 2.45) is 0 Å². The van der Waals surface area contributed by atoms with Gasteiger partial charge in [0.15, 0.2) is 0 Å². The molecule has 0 fully saturated rings. The van der Waals surface area contributed by atoms with Crippen LogP contribution in [0.2, 0.25) is 33.5 Å². The second-order valence-electron chi connectivity index (χ2n) is 4.33. The third-order valence-electron chi connectivity index (χ3n) is 1.97. The van der Waals surface area contributed by atoms with Crippen LogP contribution < -0.4 is 0 Å². The Hall–Kier alpha value is 0.826. The van der Waals surface area contributed by atoms with Crippen molar-refractivity contribution >= 4 is 28.7 Å². The molecule has 0 nitrogen and oxygen atoms in total. The monoisotopic (exact) mass is 290 g/mol. The van der Waals surface area contributed by atoms with Crippen molar-refractivity contribution in [1.29, 1.82) is 0 Å². The average molecular weight is 288 g/mol. The van der Waals surface area contributed by atoms with Crippen molar-refractivity contribution in [3.63, 3.8) is 0 Å². The fraction of sp³-hybridized carbons (Fsp3) is 0.800. The second kappa shape index (κ2) is 6.31. The molecule has 0 spiro atoms. The molecule has 0 aliphatic rings. The molecule has 0 aliphatic carbocycles. The Bertz CT molecular complexity index is 139. The van der Waals surface area contributed by atoms with E-state index in [9.17, 15) is 0 Å². The Morgan fingerprint density at radius 1 is 0.750 bits per heavy atom. The Labute approximate surface area is 87.0 Å². The van der Waals surface area contributed by atoms with Crippen molar-refractivity contribution in [3.8, 4) is 0 Å². The summed E-state index contributed by atoms with van der Waals surface area (Å²) in [6, 6.07) is 0. The summed E-state index contributed by atoms with van der Waals surface area (Å²) in [5.41, 5.74) is 3.42. The van der Waals surface area contributed by atoms with E-state index >= 15 is 0 Å². The van der Waals surface area contributed by atoms with E-state index in [1.54, 1.807) is 11.1 Å². The molecule has 0 aromatic carbocycles. The minimum absolute atomic E-state index is 0.606. The maximum absolute atomic E-state index is 2.46. The van der Waals surface area contributed by atoms with Gasteiger partial charge in [-0.1, -0.05) is 0 Å². The quantitative estimate of drug-likeness (QED) is 0.544. The molecule has 0 amide bonds. The zero-order valence-corrected chi connectivity index (χ0v) is 13.6. The van der Waals surface area contributed by atoms with Crippen molar-refractivity contribution in [1.82, 2.24) is 0 Å². The molecule has 0 saturated heterocycles. The van der Waals surface area contributed by atoms with Crippen LogP contribution in [0.15, 0.2) is 11.1 Å². The van der Waals surface area contributed by atoms with E-state index in [1.807, 2.05) is 0 Å².